The Labute approximate surface area is 96.5 Å². The van der Waals surface area contributed by atoms with Crippen molar-refractivity contribution in [1.29, 1.82) is 0 Å². The van der Waals surface area contributed by atoms with Gasteiger partial charge in [0.1, 0.15) is 5.82 Å². The fraction of sp³-hybridized carbons (Fsp3) is 0.538. The number of anilines is 1. The van der Waals surface area contributed by atoms with Crippen LogP contribution in [0.5, 0.6) is 0 Å². The first-order valence-electron chi connectivity index (χ1n) is 6.01. The lowest BCUT2D eigenvalue weighted by Crippen LogP contribution is -2.43. The predicted molar refractivity (Wildman–Crippen MR) is 65.3 cm³/mol. The second-order valence-electron chi connectivity index (χ2n) is 4.37. The number of benzene rings is 1. The summed E-state index contributed by atoms with van der Waals surface area (Å²) in [5.41, 5.74) is 0.995. The normalized spacial score (nSPS) is 15.9. The second-order valence-corrected chi connectivity index (χ2v) is 4.37. The summed E-state index contributed by atoms with van der Waals surface area (Å²) >= 11 is 0. The summed E-state index contributed by atoms with van der Waals surface area (Å²) in [5.74, 6) is 0.656. The van der Waals surface area contributed by atoms with Gasteiger partial charge in [-0.2, -0.15) is 0 Å². The molecule has 3 heteroatoms. The zero-order chi connectivity index (χ0) is 11.4. The van der Waals surface area contributed by atoms with Crippen molar-refractivity contribution >= 4 is 5.69 Å². The molecular weight excluding hydrogens is 203 g/mol. The fourth-order valence-electron chi connectivity index (χ4n) is 2.03. The minimum absolute atomic E-state index is 0.152. The average molecular weight is 222 g/mol. The van der Waals surface area contributed by atoms with Crippen LogP contribution in [0.2, 0.25) is 0 Å². The molecule has 0 aromatic heterocycles. The van der Waals surface area contributed by atoms with Crippen molar-refractivity contribution < 1.29 is 4.39 Å². The lowest BCUT2D eigenvalue weighted by molar-refractivity contribution is 0.329. The molecule has 1 aliphatic rings. The molecular formula is C13H19FN2. The molecule has 0 atom stereocenters. The summed E-state index contributed by atoms with van der Waals surface area (Å²) in [6, 6.07) is 6.86. The summed E-state index contributed by atoms with van der Waals surface area (Å²) in [5, 5.41) is 3.27. The minimum Gasteiger partial charge on any atom is -0.372 e. The summed E-state index contributed by atoms with van der Waals surface area (Å²) in [7, 11) is 0. The standard InChI is InChI=1S/C13H19FN2/c1-2-16(7-6-11-9-15-10-11)13-5-3-4-12(14)8-13/h3-5,8,11,15H,2,6-7,9-10H2,1H3. The first-order valence-corrected chi connectivity index (χ1v) is 6.01. The SMILES string of the molecule is CCN(CCC1CNC1)c1cccc(F)c1. The van der Waals surface area contributed by atoms with E-state index in [9.17, 15) is 4.39 Å². The highest BCUT2D eigenvalue weighted by molar-refractivity contribution is 5.46. The Morgan fingerprint density at radius 1 is 1.44 bits per heavy atom. The molecule has 1 N–H and O–H groups in total. The van der Waals surface area contributed by atoms with Crippen molar-refractivity contribution in [3.8, 4) is 0 Å². The fourth-order valence-corrected chi connectivity index (χ4v) is 2.03. The molecule has 0 aliphatic carbocycles. The number of hydrogen-bond donors (Lipinski definition) is 1. The van der Waals surface area contributed by atoms with E-state index >= 15 is 0 Å². The maximum Gasteiger partial charge on any atom is 0.125 e. The molecule has 0 amide bonds. The highest BCUT2D eigenvalue weighted by atomic mass is 19.1. The van der Waals surface area contributed by atoms with Gasteiger partial charge in [0, 0.05) is 18.8 Å². The molecule has 0 radical (unpaired) electrons. The molecule has 2 nitrogen and oxygen atoms in total. The highest BCUT2D eigenvalue weighted by Gasteiger charge is 2.17. The van der Waals surface area contributed by atoms with Crippen LogP contribution in [0.3, 0.4) is 0 Å². The van der Waals surface area contributed by atoms with Crippen LogP contribution in [0, 0.1) is 11.7 Å². The van der Waals surface area contributed by atoms with Crippen LogP contribution < -0.4 is 10.2 Å². The van der Waals surface area contributed by atoms with E-state index in [4.69, 9.17) is 0 Å². The Morgan fingerprint density at radius 3 is 2.81 bits per heavy atom. The molecule has 0 unspecified atom stereocenters. The molecule has 1 fully saturated rings. The zero-order valence-corrected chi connectivity index (χ0v) is 9.75. The van der Waals surface area contributed by atoms with Gasteiger partial charge in [-0.05, 0) is 50.6 Å². The minimum atomic E-state index is -0.152. The Bertz CT molecular complexity index is 336. The van der Waals surface area contributed by atoms with Crippen molar-refractivity contribution in [2.24, 2.45) is 5.92 Å². The van der Waals surface area contributed by atoms with E-state index in [0.717, 1.165) is 37.8 Å². The van der Waals surface area contributed by atoms with Crippen LogP contribution in [0.15, 0.2) is 24.3 Å². The second kappa shape index (κ2) is 5.30. The Balaban J connectivity index is 1.92. The van der Waals surface area contributed by atoms with Crippen molar-refractivity contribution in [1.82, 2.24) is 5.32 Å². The predicted octanol–water partition coefficient (Wildman–Crippen LogP) is 2.26. The molecule has 0 spiro atoms. The maximum atomic E-state index is 13.1. The van der Waals surface area contributed by atoms with Crippen molar-refractivity contribution in [2.75, 3.05) is 31.1 Å². The first-order chi connectivity index (χ1) is 7.79. The quantitative estimate of drug-likeness (QED) is 0.822. The number of nitrogens with zero attached hydrogens (tertiary/aromatic N) is 1. The molecule has 2 rings (SSSR count). The Morgan fingerprint density at radius 2 is 2.25 bits per heavy atom. The van der Waals surface area contributed by atoms with Crippen LogP contribution in [0.25, 0.3) is 0 Å². The Kier molecular flexibility index (Phi) is 3.78. The zero-order valence-electron chi connectivity index (χ0n) is 9.75. The van der Waals surface area contributed by atoms with Gasteiger partial charge in [0.05, 0.1) is 0 Å². The summed E-state index contributed by atoms with van der Waals surface area (Å²) in [6.45, 7) is 6.35. The van der Waals surface area contributed by atoms with Crippen LogP contribution in [-0.4, -0.2) is 26.2 Å². The van der Waals surface area contributed by atoms with Gasteiger partial charge in [-0.25, -0.2) is 4.39 Å². The molecule has 1 aliphatic heterocycles. The van der Waals surface area contributed by atoms with Crippen molar-refractivity contribution in [3.05, 3.63) is 30.1 Å². The van der Waals surface area contributed by atoms with Gasteiger partial charge in [0.2, 0.25) is 0 Å². The summed E-state index contributed by atoms with van der Waals surface area (Å²) in [6.07, 6.45) is 1.19. The van der Waals surface area contributed by atoms with E-state index in [1.54, 1.807) is 12.1 Å². The van der Waals surface area contributed by atoms with Crippen LogP contribution in [0.1, 0.15) is 13.3 Å². The summed E-state index contributed by atoms with van der Waals surface area (Å²) in [4.78, 5) is 2.24. The van der Waals surface area contributed by atoms with Crippen molar-refractivity contribution in [3.63, 3.8) is 0 Å². The third kappa shape index (κ3) is 2.73. The molecule has 1 saturated heterocycles. The molecule has 0 saturated carbocycles. The number of rotatable bonds is 5. The van der Waals surface area contributed by atoms with E-state index < -0.39 is 0 Å². The van der Waals surface area contributed by atoms with Gasteiger partial charge in [-0.15, -0.1) is 0 Å². The number of hydrogen-bond acceptors (Lipinski definition) is 2. The van der Waals surface area contributed by atoms with Gasteiger partial charge in [-0.1, -0.05) is 6.07 Å². The van der Waals surface area contributed by atoms with Gasteiger partial charge in [0.25, 0.3) is 0 Å². The third-order valence-corrected chi connectivity index (χ3v) is 3.23. The Hall–Kier alpha value is -1.09. The largest absolute Gasteiger partial charge is 0.372 e. The van der Waals surface area contributed by atoms with E-state index in [1.807, 2.05) is 6.07 Å². The van der Waals surface area contributed by atoms with Crippen LogP contribution in [-0.2, 0) is 0 Å². The van der Waals surface area contributed by atoms with E-state index in [0.29, 0.717) is 0 Å². The van der Waals surface area contributed by atoms with Gasteiger partial charge in [0.15, 0.2) is 0 Å². The van der Waals surface area contributed by atoms with Gasteiger partial charge in [-0.3, -0.25) is 0 Å². The molecule has 16 heavy (non-hydrogen) atoms. The third-order valence-electron chi connectivity index (χ3n) is 3.23. The van der Waals surface area contributed by atoms with Crippen LogP contribution >= 0.6 is 0 Å². The van der Waals surface area contributed by atoms with E-state index in [-0.39, 0.29) is 5.82 Å². The number of nitrogens with one attached hydrogen (secondary N) is 1. The molecule has 1 aromatic rings. The topological polar surface area (TPSA) is 15.3 Å². The monoisotopic (exact) mass is 222 g/mol. The lowest BCUT2D eigenvalue weighted by atomic mass is 9.99. The summed E-state index contributed by atoms with van der Waals surface area (Å²) < 4.78 is 13.1. The van der Waals surface area contributed by atoms with Gasteiger partial charge < -0.3 is 10.2 Å². The maximum absolute atomic E-state index is 13.1. The molecule has 1 heterocycles. The molecule has 88 valence electrons. The first kappa shape index (κ1) is 11.4. The van der Waals surface area contributed by atoms with Gasteiger partial charge >= 0.3 is 0 Å². The van der Waals surface area contributed by atoms with Crippen LogP contribution in [0.4, 0.5) is 10.1 Å². The highest BCUT2D eigenvalue weighted by Crippen LogP contribution is 2.17. The lowest BCUT2D eigenvalue weighted by Gasteiger charge is -2.31. The number of halogens is 1. The van der Waals surface area contributed by atoms with E-state index in [1.165, 1.54) is 12.5 Å². The smallest absolute Gasteiger partial charge is 0.125 e. The average Bonchev–Trinajstić information content (AvgIpc) is 2.22. The molecule has 1 aromatic carbocycles. The van der Waals surface area contributed by atoms with E-state index in [2.05, 4.69) is 17.1 Å². The van der Waals surface area contributed by atoms with Crippen molar-refractivity contribution in [2.45, 2.75) is 13.3 Å². The molecule has 0 bridgehead atoms.